The predicted octanol–water partition coefficient (Wildman–Crippen LogP) is 2.25. The van der Waals surface area contributed by atoms with Crippen molar-refractivity contribution in [3.05, 3.63) is 35.4 Å². The van der Waals surface area contributed by atoms with Crippen LogP contribution in [0.2, 0.25) is 0 Å². The number of carboxylic acid groups (broad SMARTS) is 1. The van der Waals surface area contributed by atoms with E-state index >= 15 is 0 Å². The number of carbonyl (C=O) groups is 2. The average molecular weight is 290 g/mol. The van der Waals surface area contributed by atoms with E-state index in [-0.39, 0.29) is 11.9 Å². The van der Waals surface area contributed by atoms with E-state index in [0.717, 1.165) is 18.4 Å². The molecule has 1 aromatic rings. The number of hydrogen-bond donors (Lipinski definition) is 2. The van der Waals surface area contributed by atoms with Crippen LogP contribution in [0.1, 0.15) is 31.4 Å². The fourth-order valence-corrected chi connectivity index (χ4v) is 2.90. The first-order valence-electron chi connectivity index (χ1n) is 7.38. The summed E-state index contributed by atoms with van der Waals surface area (Å²) in [5, 5.41) is 12.1. The Labute approximate surface area is 125 Å². The summed E-state index contributed by atoms with van der Waals surface area (Å²) in [6.45, 7) is 4.88. The van der Waals surface area contributed by atoms with E-state index in [4.69, 9.17) is 0 Å². The number of amides is 2. The Morgan fingerprint density at radius 3 is 2.62 bits per heavy atom. The molecule has 1 aliphatic rings. The van der Waals surface area contributed by atoms with E-state index in [0.29, 0.717) is 13.1 Å². The smallest absolute Gasteiger partial charge is 0.326 e. The van der Waals surface area contributed by atoms with Crippen LogP contribution in [-0.2, 0) is 17.8 Å². The van der Waals surface area contributed by atoms with Crippen molar-refractivity contribution < 1.29 is 14.7 Å². The summed E-state index contributed by atoms with van der Waals surface area (Å²) in [6.07, 6.45) is 1.64. The summed E-state index contributed by atoms with van der Waals surface area (Å²) >= 11 is 0. The SMILES string of the molecule is CCc1ccccc1CNC(=O)N1CCC(C)C1C(=O)O. The maximum absolute atomic E-state index is 12.2. The van der Waals surface area contributed by atoms with Gasteiger partial charge in [0.15, 0.2) is 0 Å². The van der Waals surface area contributed by atoms with Gasteiger partial charge in [0.05, 0.1) is 0 Å². The third-order valence-corrected chi connectivity index (χ3v) is 4.14. The molecular weight excluding hydrogens is 268 g/mol. The van der Waals surface area contributed by atoms with E-state index in [1.54, 1.807) is 0 Å². The van der Waals surface area contributed by atoms with Gasteiger partial charge in [-0.15, -0.1) is 0 Å². The Kier molecular flexibility index (Phi) is 4.83. The average Bonchev–Trinajstić information content (AvgIpc) is 2.87. The molecule has 2 rings (SSSR count). The first-order valence-corrected chi connectivity index (χ1v) is 7.38. The minimum Gasteiger partial charge on any atom is -0.480 e. The van der Waals surface area contributed by atoms with Crippen LogP contribution in [0.25, 0.3) is 0 Å². The van der Waals surface area contributed by atoms with Crippen molar-refractivity contribution in [2.45, 2.75) is 39.3 Å². The van der Waals surface area contributed by atoms with Gasteiger partial charge in [0.1, 0.15) is 6.04 Å². The van der Waals surface area contributed by atoms with Crippen molar-refractivity contribution in [2.75, 3.05) is 6.54 Å². The number of rotatable bonds is 4. The van der Waals surface area contributed by atoms with Gasteiger partial charge >= 0.3 is 12.0 Å². The molecule has 0 aromatic heterocycles. The number of carbonyl (C=O) groups excluding carboxylic acids is 1. The molecular formula is C16H22N2O3. The molecule has 1 saturated heterocycles. The molecule has 5 nitrogen and oxygen atoms in total. The van der Waals surface area contributed by atoms with E-state index < -0.39 is 12.0 Å². The van der Waals surface area contributed by atoms with Crippen LogP contribution in [0.4, 0.5) is 4.79 Å². The standard InChI is InChI=1S/C16H22N2O3/c1-3-12-6-4-5-7-13(12)10-17-16(21)18-9-8-11(2)14(18)15(19)20/h4-7,11,14H,3,8-10H2,1-2H3,(H,17,21)(H,19,20). The molecule has 1 aliphatic heterocycles. The molecule has 2 amide bonds. The Balaban J connectivity index is 2.00. The lowest BCUT2D eigenvalue weighted by atomic mass is 10.0. The van der Waals surface area contributed by atoms with Crippen molar-refractivity contribution >= 4 is 12.0 Å². The predicted molar refractivity (Wildman–Crippen MR) is 80.0 cm³/mol. The third kappa shape index (κ3) is 3.35. The van der Waals surface area contributed by atoms with Gasteiger partial charge in [-0.1, -0.05) is 38.1 Å². The summed E-state index contributed by atoms with van der Waals surface area (Å²) < 4.78 is 0. The number of nitrogens with zero attached hydrogens (tertiary/aromatic N) is 1. The molecule has 0 bridgehead atoms. The van der Waals surface area contributed by atoms with E-state index in [1.165, 1.54) is 10.5 Å². The molecule has 0 saturated carbocycles. The molecule has 2 unspecified atom stereocenters. The number of hydrogen-bond acceptors (Lipinski definition) is 2. The molecule has 1 heterocycles. The van der Waals surface area contributed by atoms with Gasteiger partial charge in [0, 0.05) is 13.1 Å². The van der Waals surface area contributed by atoms with E-state index in [1.807, 2.05) is 31.2 Å². The van der Waals surface area contributed by atoms with Gasteiger partial charge in [-0.3, -0.25) is 0 Å². The normalized spacial score (nSPS) is 21.3. The zero-order valence-electron chi connectivity index (χ0n) is 12.5. The molecule has 2 N–H and O–H groups in total. The molecule has 21 heavy (non-hydrogen) atoms. The molecule has 114 valence electrons. The molecule has 0 spiro atoms. The minimum absolute atomic E-state index is 0.00354. The maximum atomic E-state index is 12.2. The van der Waals surface area contributed by atoms with E-state index in [9.17, 15) is 14.7 Å². The van der Waals surface area contributed by atoms with Gasteiger partial charge in [0.2, 0.25) is 0 Å². The monoisotopic (exact) mass is 290 g/mol. The van der Waals surface area contributed by atoms with Crippen LogP contribution >= 0.6 is 0 Å². The lowest BCUT2D eigenvalue weighted by Gasteiger charge is -2.24. The molecule has 5 heteroatoms. The molecule has 2 atom stereocenters. The number of likely N-dealkylation sites (tertiary alicyclic amines) is 1. The highest BCUT2D eigenvalue weighted by molar-refractivity contribution is 5.83. The second kappa shape index (κ2) is 6.61. The molecule has 0 aliphatic carbocycles. The van der Waals surface area contributed by atoms with Gasteiger partial charge in [0.25, 0.3) is 0 Å². The van der Waals surface area contributed by atoms with Crippen LogP contribution < -0.4 is 5.32 Å². The number of aliphatic carboxylic acids is 1. The van der Waals surface area contributed by atoms with Gasteiger partial charge in [-0.25, -0.2) is 9.59 Å². The van der Waals surface area contributed by atoms with Crippen LogP contribution in [0.15, 0.2) is 24.3 Å². The first kappa shape index (κ1) is 15.4. The number of urea groups is 1. The zero-order chi connectivity index (χ0) is 15.4. The Morgan fingerprint density at radius 1 is 1.33 bits per heavy atom. The van der Waals surface area contributed by atoms with Crippen molar-refractivity contribution in [3.8, 4) is 0 Å². The summed E-state index contributed by atoms with van der Waals surface area (Å²) in [5.74, 6) is -0.930. The summed E-state index contributed by atoms with van der Waals surface area (Å²) in [5.41, 5.74) is 2.27. The number of carboxylic acids is 1. The fraction of sp³-hybridized carbons (Fsp3) is 0.500. The van der Waals surface area contributed by atoms with Crippen molar-refractivity contribution in [2.24, 2.45) is 5.92 Å². The summed E-state index contributed by atoms with van der Waals surface area (Å²) in [7, 11) is 0. The lowest BCUT2D eigenvalue weighted by Crippen LogP contribution is -2.47. The number of nitrogens with one attached hydrogen (secondary N) is 1. The quantitative estimate of drug-likeness (QED) is 0.893. The van der Waals surface area contributed by atoms with Crippen LogP contribution in [0, 0.1) is 5.92 Å². The highest BCUT2D eigenvalue weighted by Gasteiger charge is 2.39. The van der Waals surface area contributed by atoms with Crippen molar-refractivity contribution in [1.82, 2.24) is 10.2 Å². The minimum atomic E-state index is -0.927. The first-order chi connectivity index (χ1) is 10.0. The summed E-state index contributed by atoms with van der Waals surface area (Å²) in [4.78, 5) is 24.9. The highest BCUT2D eigenvalue weighted by atomic mass is 16.4. The second-order valence-electron chi connectivity index (χ2n) is 5.52. The van der Waals surface area contributed by atoms with Crippen LogP contribution in [0.5, 0.6) is 0 Å². The molecule has 1 aromatic carbocycles. The maximum Gasteiger partial charge on any atom is 0.326 e. The third-order valence-electron chi connectivity index (χ3n) is 4.14. The van der Waals surface area contributed by atoms with Crippen LogP contribution in [-0.4, -0.2) is 34.6 Å². The fourth-order valence-electron chi connectivity index (χ4n) is 2.90. The largest absolute Gasteiger partial charge is 0.480 e. The van der Waals surface area contributed by atoms with Gasteiger partial charge < -0.3 is 15.3 Å². The van der Waals surface area contributed by atoms with Gasteiger partial charge in [-0.05, 0) is 29.9 Å². The summed E-state index contributed by atoms with van der Waals surface area (Å²) in [6, 6.07) is 6.94. The lowest BCUT2D eigenvalue weighted by molar-refractivity contribution is -0.142. The van der Waals surface area contributed by atoms with Crippen molar-refractivity contribution in [3.63, 3.8) is 0 Å². The Hall–Kier alpha value is -2.04. The Bertz CT molecular complexity index is 530. The molecule has 1 fully saturated rings. The number of aryl methyl sites for hydroxylation is 1. The van der Waals surface area contributed by atoms with Crippen LogP contribution in [0.3, 0.4) is 0 Å². The zero-order valence-corrected chi connectivity index (χ0v) is 12.5. The van der Waals surface area contributed by atoms with Gasteiger partial charge in [-0.2, -0.15) is 0 Å². The number of benzene rings is 1. The molecule has 0 radical (unpaired) electrons. The second-order valence-corrected chi connectivity index (χ2v) is 5.52. The highest BCUT2D eigenvalue weighted by Crippen LogP contribution is 2.24. The topological polar surface area (TPSA) is 69.6 Å². The van der Waals surface area contributed by atoms with E-state index in [2.05, 4.69) is 12.2 Å². The Morgan fingerprint density at radius 2 is 2.00 bits per heavy atom. The van der Waals surface area contributed by atoms with Crippen molar-refractivity contribution in [1.29, 1.82) is 0 Å².